The van der Waals surface area contributed by atoms with Crippen LogP contribution in [-0.4, -0.2) is 96.7 Å². The molecule has 0 aliphatic heterocycles. The number of hydrogen-bond donors (Lipinski definition) is 3. The number of hydrogen-bond acceptors (Lipinski definition) is 15. The molecule has 0 heterocycles. The fourth-order valence-electron chi connectivity index (χ4n) is 9.24. The number of esters is 4. The molecule has 0 amide bonds. The van der Waals surface area contributed by atoms with Crippen LogP contribution < -0.4 is 0 Å². The second-order valence-electron chi connectivity index (χ2n) is 24.5. The number of carbonyl (C=O) groups excluding carboxylic acids is 4. The van der Waals surface area contributed by atoms with Gasteiger partial charge >= 0.3 is 39.5 Å². The second kappa shape index (κ2) is 73.5. The van der Waals surface area contributed by atoms with Gasteiger partial charge in [0.25, 0.3) is 0 Å². The summed E-state index contributed by atoms with van der Waals surface area (Å²) in [6.07, 6.45) is 88.1. The van der Waals surface area contributed by atoms with Crippen molar-refractivity contribution < 1.29 is 80.2 Å². The average molecular weight is 1460 g/mol. The maximum Gasteiger partial charge on any atom is 0.472 e. The smallest absolute Gasteiger partial charge is 0.462 e. The van der Waals surface area contributed by atoms with Crippen molar-refractivity contribution in [2.24, 2.45) is 0 Å². The lowest BCUT2D eigenvalue weighted by atomic mass is 10.1. The summed E-state index contributed by atoms with van der Waals surface area (Å²) in [6, 6.07) is 0. The van der Waals surface area contributed by atoms with Gasteiger partial charge < -0.3 is 33.8 Å². The first-order chi connectivity index (χ1) is 49.7. The Morgan fingerprint density at radius 2 is 0.559 bits per heavy atom. The quantitative estimate of drug-likeness (QED) is 0.0169. The van der Waals surface area contributed by atoms with Gasteiger partial charge in [-0.1, -0.05) is 274 Å². The molecular formula is C83H132O17P2. The minimum absolute atomic E-state index is 0.0565. The van der Waals surface area contributed by atoms with Gasteiger partial charge in [0.05, 0.1) is 39.3 Å². The predicted molar refractivity (Wildman–Crippen MR) is 417 cm³/mol. The van der Waals surface area contributed by atoms with E-state index in [2.05, 4.69) is 161 Å². The minimum Gasteiger partial charge on any atom is -0.462 e. The van der Waals surface area contributed by atoms with Gasteiger partial charge in [0.1, 0.15) is 19.3 Å². The molecule has 102 heavy (non-hydrogen) atoms. The summed E-state index contributed by atoms with van der Waals surface area (Å²) in [7, 11) is -10.0. The number of aliphatic hydroxyl groups excluding tert-OH is 1. The van der Waals surface area contributed by atoms with E-state index in [4.69, 9.17) is 37.0 Å². The summed E-state index contributed by atoms with van der Waals surface area (Å²) in [4.78, 5) is 72.8. The number of unbranched alkanes of at least 4 members (excludes halogenated alkanes) is 15. The maximum absolute atomic E-state index is 13.1. The maximum atomic E-state index is 13.1. The van der Waals surface area contributed by atoms with Crippen molar-refractivity contribution in [3.05, 3.63) is 182 Å². The summed E-state index contributed by atoms with van der Waals surface area (Å²) in [5.74, 6) is -2.53. The van der Waals surface area contributed by atoms with Crippen LogP contribution in [0.25, 0.3) is 0 Å². The van der Waals surface area contributed by atoms with Crippen LogP contribution >= 0.6 is 15.6 Å². The van der Waals surface area contributed by atoms with Gasteiger partial charge in [0.15, 0.2) is 12.2 Å². The monoisotopic (exact) mass is 1460 g/mol. The number of aliphatic hydroxyl groups is 1. The van der Waals surface area contributed by atoms with Crippen molar-refractivity contribution in [1.29, 1.82) is 0 Å². The van der Waals surface area contributed by atoms with Crippen molar-refractivity contribution in [1.82, 2.24) is 0 Å². The van der Waals surface area contributed by atoms with E-state index in [1.54, 1.807) is 18.2 Å². The number of ether oxygens (including phenoxy) is 4. The summed E-state index contributed by atoms with van der Waals surface area (Å²) in [5.41, 5.74) is 0. The normalized spacial score (nSPS) is 14.9. The molecule has 19 heteroatoms. The van der Waals surface area contributed by atoms with Crippen LogP contribution in [0.15, 0.2) is 182 Å². The second-order valence-corrected chi connectivity index (χ2v) is 27.4. The van der Waals surface area contributed by atoms with Crippen LogP contribution in [0.5, 0.6) is 0 Å². The van der Waals surface area contributed by atoms with E-state index in [0.29, 0.717) is 25.7 Å². The van der Waals surface area contributed by atoms with Crippen molar-refractivity contribution in [3.8, 4) is 0 Å². The third-order valence-electron chi connectivity index (χ3n) is 14.9. The first-order valence-corrected chi connectivity index (χ1v) is 41.0. The van der Waals surface area contributed by atoms with E-state index >= 15 is 0 Å². The predicted octanol–water partition coefficient (Wildman–Crippen LogP) is 22.0. The molecule has 5 unspecified atom stereocenters. The lowest BCUT2D eigenvalue weighted by Gasteiger charge is -2.21. The van der Waals surface area contributed by atoms with Gasteiger partial charge in [-0.2, -0.15) is 0 Å². The van der Waals surface area contributed by atoms with Gasteiger partial charge in [-0.15, -0.1) is 0 Å². The van der Waals surface area contributed by atoms with E-state index in [1.165, 1.54) is 38.5 Å². The molecule has 0 rings (SSSR count). The zero-order valence-corrected chi connectivity index (χ0v) is 64.5. The van der Waals surface area contributed by atoms with Crippen molar-refractivity contribution in [2.75, 3.05) is 39.6 Å². The SMILES string of the molecule is CC/C=C\C/C=C\C/C=C\C/C=C\C/C=C\CC(=O)OCC(COP(=O)(O)OCC(O)COP(=O)(O)OCC(COC(=O)CCCCCC/C=C\C/C=C\C/C=C\C/C=C\CC)OC(=O)C/C=C\C/C=C\C/C=C\C/C=C\C/C=C\CC)OC(=O)CCCCCCC/C=C\CCCCCCCC. The summed E-state index contributed by atoms with van der Waals surface area (Å²) in [6.45, 7) is 4.22. The molecule has 17 nitrogen and oxygen atoms in total. The molecule has 5 atom stereocenters. The van der Waals surface area contributed by atoms with Crippen LogP contribution in [0, 0.1) is 0 Å². The first-order valence-electron chi connectivity index (χ1n) is 38.0. The Morgan fingerprint density at radius 3 is 0.922 bits per heavy atom. The van der Waals surface area contributed by atoms with Crippen LogP contribution in [0.3, 0.4) is 0 Å². The molecule has 0 saturated carbocycles. The number of carbonyl (C=O) groups is 4. The standard InChI is InChI=1S/C83H132O17P2/c1-5-9-13-17-21-25-29-33-37-38-42-44-48-52-56-60-64-68-81(86)94-74-79(100-83(88)70-66-62-58-54-50-46-41-36-32-28-24-20-16-12-8-4)76-98-102(91,92)96-72-77(84)71-95-101(89,90)97-75-78(99-82(87)69-65-61-57-53-49-45-40-35-31-27-23-19-15-11-7-3)73-93-80(85)67-63-59-55-51-47-43-39-34-30-26-22-18-14-10-6-2/h9-10,12-14,16,21-22,24-26,28,33-37,39-42,44,47,50-51,54,59,62-63,66,77-79,84H,5-8,11,15,17-20,23,27,29-32,38,43,45-46,48-49,52-53,55-58,60-61,64-65,67-76H2,1-4H3,(H,89,90)(H,91,92)/b13-9-,14-10-,16-12-,25-21-,26-22-,28-24-,37-33-,39-34-,40-35-,41-36-,44-42-,51-47-,54-50-,63-59-,66-62-. The highest BCUT2D eigenvalue weighted by Gasteiger charge is 2.30. The zero-order valence-electron chi connectivity index (χ0n) is 62.7. The topological polar surface area (TPSA) is 237 Å². The Morgan fingerprint density at radius 1 is 0.294 bits per heavy atom. The Balaban J connectivity index is 5.54. The minimum atomic E-state index is -5.02. The Labute approximate surface area is 615 Å². The summed E-state index contributed by atoms with van der Waals surface area (Å²) < 4.78 is 68.2. The first kappa shape index (κ1) is 96.2. The molecule has 0 spiro atoms. The van der Waals surface area contributed by atoms with Gasteiger partial charge in [-0.3, -0.25) is 37.3 Å². The van der Waals surface area contributed by atoms with Gasteiger partial charge in [-0.05, 0) is 141 Å². The van der Waals surface area contributed by atoms with Gasteiger partial charge in [0, 0.05) is 12.8 Å². The average Bonchev–Trinajstić information content (AvgIpc) is 0.926. The molecule has 0 saturated heterocycles. The van der Waals surface area contributed by atoms with E-state index in [1.807, 2.05) is 30.4 Å². The Hall–Kier alpha value is -5.84. The van der Waals surface area contributed by atoms with Crippen LogP contribution in [-0.2, 0) is 65.4 Å². The molecule has 0 aromatic rings. The molecule has 0 bridgehead atoms. The number of rotatable bonds is 69. The molecule has 0 aromatic carbocycles. The third kappa shape index (κ3) is 72.5. The zero-order chi connectivity index (χ0) is 74.6. The summed E-state index contributed by atoms with van der Waals surface area (Å²) >= 11 is 0. The molecular weight excluding hydrogens is 1330 g/mol. The van der Waals surface area contributed by atoms with Crippen LogP contribution in [0.2, 0.25) is 0 Å². The third-order valence-corrected chi connectivity index (χ3v) is 16.8. The van der Waals surface area contributed by atoms with Crippen LogP contribution in [0.4, 0.5) is 0 Å². The van der Waals surface area contributed by atoms with E-state index in [-0.39, 0.29) is 25.7 Å². The molecule has 0 aliphatic rings. The van der Waals surface area contributed by atoms with E-state index in [9.17, 15) is 43.2 Å². The highest BCUT2D eigenvalue weighted by atomic mass is 31.2. The van der Waals surface area contributed by atoms with Crippen molar-refractivity contribution in [2.45, 2.75) is 277 Å². The fourth-order valence-corrected chi connectivity index (χ4v) is 10.8. The lowest BCUT2D eigenvalue weighted by Crippen LogP contribution is -2.30. The van der Waals surface area contributed by atoms with Crippen molar-refractivity contribution >= 4 is 39.5 Å². The molecule has 576 valence electrons. The number of phosphoric ester groups is 2. The van der Waals surface area contributed by atoms with Gasteiger partial charge in [-0.25, -0.2) is 9.13 Å². The van der Waals surface area contributed by atoms with Crippen LogP contribution in [0.1, 0.15) is 259 Å². The summed E-state index contributed by atoms with van der Waals surface area (Å²) in [5, 5.41) is 10.6. The highest BCUT2D eigenvalue weighted by Crippen LogP contribution is 2.45. The highest BCUT2D eigenvalue weighted by molar-refractivity contribution is 7.47. The lowest BCUT2D eigenvalue weighted by molar-refractivity contribution is -0.160. The molecule has 0 radical (unpaired) electrons. The number of phosphoric acid groups is 2. The Bertz CT molecular complexity index is 2650. The van der Waals surface area contributed by atoms with E-state index in [0.717, 1.165) is 141 Å². The molecule has 0 fully saturated rings. The number of allylic oxidation sites excluding steroid dienone is 28. The molecule has 3 N–H and O–H groups in total. The van der Waals surface area contributed by atoms with Crippen molar-refractivity contribution in [3.63, 3.8) is 0 Å². The van der Waals surface area contributed by atoms with Gasteiger partial charge in [0.2, 0.25) is 0 Å². The molecule has 0 aromatic heterocycles. The fraction of sp³-hybridized carbons (Fsp3) is 0.590. The van der Waals surface area contributed by atoms with E-state index < -0.39 is 97.5 Å². The molecule has 0 aliphatic carbocycles. The largest absolute Gasteiger partial charge is 0.472 e. The Kier molecular flexibility index (Phi) is 69.3.